The van der Waals surface area contributed by atoms with Crippen LogP contribution in [-0.4, -0.2) is 43.0 Å². The Hall–Kier alpha value is -2.04. The second-order valence-corrected chi connectivity index (χ2v) is 7.17. The number of ether oxygens (including phenoxy) is 1. The fraction of sp³-hybridized carbons (Fsp3) is 0.600. The molecule has 2 amide bonds. The Morgan fingerprint density at radius 1 is 1.28 bits per heavy atom. The first kappa shape index (κ1) is 17.8. The minimum atomic E-state index is 0.0395. The van der Waals surface area contributed by atoms with Gasteiger partial charge in [0.1, 0.15) is 5.75 Å². The highest BCUT2D eigenvalue weighted by molar-refractivity contribution is 5.79. The van der Waals surface area contributed by atoms with Crippen LogP contribution in [0.2, 0.25) is 0 Å². The number of nitrogens with zero attached hydrogens (tertiary/aromatic N) is 1. The average Bonchev–Trinajstić information content (AvgIpc) is 3.27. The highest BCUT2D eigenvalue weighted by atomic mass is 16.5. The summed E-state index contributed by atoms with van der Waals surface area (Å²) < 4.78 is 5.32. The van der Waals surface area contributed by atoms with Crippen LogP contribution in [0.1, 0.15) is 44.1 Å². The minimum absolute atomic E-state index is 0.0395. The van der Waals surface area contributed by atoms with Gasteiger partial charge in [-0.3, -0.25) is 9.59 Å². The van der Waals surface area contributed by atoms with Gasteiger partial charge in [0.2, 0.25) is 11.8 Å². The maximum atomic E-state index is 12.2. The molecule has 1 saturated heterocycles. The van der Waals surface area contributed by atoms with Crippen LogP contribution < -0.4 is 10.1 Å². The maximum absolute atomic E-state index is 12.2. The number of hydrogen-bond acceptors (Lipinski definition) is 3. The molecular weight excluding hydrogens is 316 g/mol. The Morgan fingerprint density at radius 2 is 2.04 bits per heavy atom. The van der Waals surface area contributed by atoms with Gasteiger partial charge in [0, 0.05) is 37.9 Å². The Balaban J connectivity index is 1.41. The largest absolute Gasteiger partial charge is 0.496 e. The highest BCUT2D eigenvalue weighted by Crippen LogP contribution is 2.29. The Kier molecular flexibility index (Phi) is 5.95. The highest BCUT2D eigenvalue weighted by Gasteiger charge is 2.35. The van der Waals surface area contributed by atoms with E-state index in [2.05, 4.69) is 10.2 Å². The fourth-order valence-corrected chi connectivity index (χ4v) is 4.02. The molecule has 0 bridgehead atoms. The van der Waals surface area contributed by atoms with Gasteiger partial charge < -0.3 is 15.0 Å². The minimum Gasteiger partial charge on any atom is -0.496 e. The summed E-state index contributed by atoms with van der Waals surface area (Å²) in [6.07, 6.45) is 6.43. The zero-order chi connectivity index (χ0) is 17.6. The van der Waals surface area contributed by atoms with E-state index in [1.807, 2.05) is 24.3 Å². The molecule has 0 spiro atoms. The molecule has 2 aliphatic rings. The second kappa shape index (κ2) is 8.37. The van der Waals surface area contributed by atoms with E-state index in [1.54, 1.807) is 7.11 Å². The molecule has 1 aromatic rings. The Morgan fingerprint density at radius 3 is 2.80 bits per heavy atom. The molecule has 1 heterocycles. The number of methoxy groups -OCH3 is 1. The van der Waals surface area contributed by atoms with E-state index < -0.39 is 0 Å². The molecule has 136 valence electrons. The molecule has 5 heteroatoms. The van der Waals surface area contributed by atoms with Crippen molar-refractivity contribution in [3.05, 3.63) is 29.8 Å². The van der Waals surface area contributed by atoms with E-state index in [4.69, 9.17) is 4.74 Å². The molecule has 1 saturated carbocycles. The van der Waals surface area contributed by atoms with E-state index in [0.717, 1.165) is 30.7 Å². The second-order valence-electron chi connectivity index (χ2n) is 7.17. The van der Waals surface area contributed by atoms with E-state index in [0.29, 0.717) is 31.8 Å². The third kappa shape index (κ3) is 4.53. The summed E-state index contributed by atoms with van der Waals surface area (Å²) in [7, 11) is 1.64. The molecule has 3 rings (SSSR count). The van der Waals surface area contributed by atoms with Gasteiger partial charge >= 0.3 is 0 Å². The molecule has 1 N–H and O–H groups in total. The normalized spacial score (nSPS) is 20.9. The molecule has 25 heavy (non-hydrogen) atoms. The molecule has 1 aliphatic carbocycles. The van der Waals surface area contributed by atoms with Crippen LogP contribution in [0.15, 0.2) is 24.3 Å². The number of nitrogens with one attached hydrogen (secondary N) is 1. The lowest BCUT2D eigenvalue weighted by Crippen LogP contribution is -2.36. The quantitative estimate of drug-likeness (QED) is 0.827. The SMILES string of the molecule is COc1ccccc1CCC(=O)NC[C@H]1CC(=O)N(C2CCCC2)C1. The topological polar surface area (TPSA) is 58.6 Å². The van der Waals surface area contributed by atoms with Gasteiger partial charge in [0.15, 0.2) is 0 Å². The predicted octanol–water partition coefficient (Wildman–Crippen LogP) is 2.54. The van der Waals surface area contributed by atoms with Crippen LogP contribution in [-0.2, 0) is 16.0 Å². The Labute approximate surface area is 149 Å². The summed E-state index contributed by atoms with van der Waals surface area (Å²) in [5.74, 6) is 1.38. The summed E-state index contributed by atoms with van der Waals surface area (Å²) >= 11 is 0. The van der Waals surface area contributed by atoms with Crippen LogP contribution in [0.4, 0.5) is 0 Å². The molecule has 1 aliphatic heterocycles. The number of benzene rings is 1. The van der Waals surface area contributed by atoms with Crippen LogP contribution in [0, 0.1) is 5.92 Å². The number of para-hydroxylation sites is 1. The van der Waals surface area contributed by atoms with Crippen molar-refractivity contribution in [3.63, 3.8) is 0 Å². The van der Waals surface area contributed by atoms with Gasteiger partial charge in [0.25, 0.3) is 0 Å². The van der Waals surface area contributed by atoms with Crippen molar-refractivity contribution in [1.29, 1.82) is 0 Å². The van der Waals surface area contributed by atoms with Gasteiger partial charge in [-0.25, -0.2) is 0 Å². The first-order valence-electron chi connectivity index (χ1n) is 9.35. The number of amides is 2. The van der Waals surface area contributed by atoms with E-state index >= 15 is 0 Å². The van der Waals surface area contributed by atoms with Gasteiger partial charge in [-0.2, -0.15) is 0 Å². The molecule has 0 unspecified atom stereocenters. The van der Waals surface area contributed by atoms with Crippen molar-refractivity contribution in [2.24, 2.45) is 5.92 Å². The summed E-state index contributed by atoms with van der Waals surface area (Å²) in [5, 5.41) is 3.01. The lowest BCUT2D eigenvalue weighted by Gasteiger charge is -2.24. The zero-order valence-electron chi connectivity index (χ0n) is 15.0. The molecule has 0 aromatic heterocycles. The van der Waals surface area contributed by atoms with Gasteiger partial charge in [-0.1, -0.05) is 31.0 Å². The first-order chi connectivity index (χ1) is 12.2. The fourth-order valence-electron chi connectivity index (χ4n) is 4.02. The molecule has 1 atom stereocenters. The lowest BCUT2D eigenvalue weighted by molar-refractivity contribution is -0.129. The van der Waals surface area contributed by atoms with Crippen molar-refractivity contribution in [2.45, 2.75) is 51.0 Å². The molecule has 0 radical (unpaired) electrons. The van der Waals surface area contributed by atoms with Crippen LogP contribution in [0.25, 0.3) is 0 Å². The third-order valence-electron chi connectivity index (χ3n) is 5.41. The number of carbonyl (C=O) groups excluding carboxylic acids is 2. The van der Waals surface area contributed by atoms with Crippen LogP contribution >= 0.6 is 0 Å². The summed E-state index contributed by atoms with van der Waals surface area (Å²) in [5.41, 5.74) is 1.05. The average molecular weight is 344 g/mol. The molecular formula is C20H28N2O3. The number of hydrogen-bond donors (Lipinski definition) is 1. The molecule has 1 aromatic carbocycles. The standard InChI is InChI=1S/C20H28N2O3/c1-25-18-9-5-2-6-16(18)10-11-19(23)21-13-15-12-20(24)22(14-15)17-7-3-4-8-17/h2,5-6,9,15,17H,3-4,7-8,10-14H2,1H3,(H,21,23)/t15-/m1/s1. The summed E-state index contributed by atoms with van der Waals surface area (Å²) in [4.78, 5) is 26.4. The number of aryl methyl sites for hydroxylation is 1. The molecule has 2 fully saturated rings. The third-order valence-corrected chi connectivity index (χ3v) is 5.41. The van der Waals surface area contributed by atoms with Gasteiger partial charge in [0.05, 0.1) is 7.11 Å². The first-order valence-corrected chi connectivity index (χ1v) is 9.35. The summed E-state index contributed by atoms with van der Waals surface area (Å²) in [6, 6.07) is 8.22. The number of likely N-dealkylation sites (tertiary alicyclic amines) is 1. The number of rotatable bonds is 7. The predicted molar refractivity (Wildman–Crippen MR) is 96.4 cm³/mol. The van der Waals surface area contributed by atoms with Crippen molar-refractivity contribution < 1.29 is 14.3 Å². The van der Waals surface area contributed by atoms with Crippen molar-refractivity contribution in [1.82, 2.24) is 10.2 Å². The van der Waals surface area contributed by atoms with Crippen molar-refractivity contribution in [3.8, 4) is 5.75 Å². The van der Waals surface area contributed by atoms with Crippen LogP contribution in [0.5, 0.6) is 5.75 Å². The smallest absolute Gasteiger partial charge is 0.223 e. The van der Waals surface area contributed by atoms with E-state index in [9.17, 15) is 9.59 Å². The van der Waals surface area contributed by atoms with Crippen molar-refractivity contribution >= 4 is 11.8 Å². The van der Waals surface area contributed by atoms with E-state index in [1.165, 1.54) is 12.8 Å². The lowest BCUT2D eigenvalue weighted by atomic mass is 10.1. The zero-order valence-corrected chi connectivity index (χ0v) is 15.0. The summed E-state index contributed by atoms with van der Waals surface area (Å²) in [6.45, 7) is 1.40. The van der Waals surface area contributed by atoms with Gasteiger partial charge in [-0.15, -0.1) is 0 Å². The maximum Gasteiger partial charge on any atom is 0.223 e. The molecule has 5 nitrogen and oxygen atoms in total. The monoisotopic (exact) mass is 344 g/mol. The van der Waals surface area contributed by atoms with Gasteiger partial charge in [-0.05, 0) is 30.9 Å². The van der Waals surface area contributed by atoms with E-state index in [-0.39, 0.29) is 17.7 Å². The van der Waals surface area contributed by atoms with Crippen LogP contribution in [0.3, 0.4) is 0 Å². The Bertz CT molecular complexity index is 611. The van der Waals surface area contributed by atoms with Crippen molar-refractivity contribution in [2.75, 3.05) is 20.2 Å². The number of carbonyl (C=O) groups is 2.